The van der Waals surface area contributed by atoms with E-state index < -0.39 is 5.25 Å². The Bertz CT molecular complexity index is 1270. The van der Waals surface area contributed by atoms with E-state index in [4.69, 9.17) is 11.6 Å². The van der Waals surface area contributed by atoms with Gasteiger partial charge in [-0.15, -0.1) is 0 Å². The smallest absolute Gasteiger partial charge is 0.266 e. The fraction of sp³-hybridized carbons (Fsp3) is 0.0870. The maximum Gasteiger partial charge on any atom is 0.266 e. The summed E-state index contributed by atoms with van der Waals surface area (Å²) < 4.78 is 1.55. The molecule has 0 aliphatic heterocycles. The fourth-order valence-corrected chi connectivity index (χ4v) is 4.14. The maximum absolute atomic E-state index is 13.2. The lowest BCUT2D eigenvalue weighted by atomic mass is 10.2. The first-order valence-corrected chi connectivity index (χ1v) is 10.6. The number of anilines is 1. The molecule has 0 saturated heterocycles. The molecule has 5 nitrogen and oxygen atoms in total. The summed E-state index contributed by atoms with van der Waals surface area (Å²) in [6.07, 6.45) is 0. The highest BCUT2D eigenvalue weighted by molar-refractivity contribution is 8.00. The van der Waals surface area contributed by atoms with Crippen molar-refractivity contribution in [1.82, 2.24) is 9.55 Å². The van der Waals surface area contributed by atoms with Gasteiger partial charge >= 0.3 is 0 Å². The first kappa shape index (κ1) is 20.2. The van der Waals surface area contributed by atoms with E-state index in [-0.39, 0.29) is 11.5 Å². The van der Waals surface area contributed by atoms with E-state index >= 15 is 0 Å². The third-order valence-electron chi connectivity index (χ3n) is 4.50. The zero-order valence-corrected chi connectivity index (χ0v) is 17.7. The van der Waals surface area contributed by atoms with E-state index in [0.717, 1.165) is 0 Å². The summed E-state index contributed by atoms with van der Waals surface area (Å²) in [6.45, 7) is 1.78. The number of fused-ring (bicyclic) bond motifs is 1. The third-order valence-corrected chi connectivity index (χ3v) is 5.79. The number of rotatable bonds is 5. The van der Waals surface area contributed by atoms with Gasteiger partial charge in [0, 0.05) is 10.7 Å². The van der Waals surface area contributed by atoms with E-state index in [9.17, 15) is 9.59 Å². The van der Waals surface area contributed by atoms with Crippen molar-refractivity contribution in [3.05, 3.63) is 94.2 Å². The van der Waals surface area contributed by atoms with Crippen molar-refractivity contribution in [1.29, 1.82) is 0 Å². The van der Waals surface area contributed by atoms with Crippen molar-refractivity contribution < 1.29 is 4.79 Å². The Hall–Kier alpha value is -3.09. The molecule has 0 aliphatic carbocycles. The van der Waals surface area contributed by atoms with Gasteiger partial charge in [0.1, 0.15) is 0 Å². The van der Waals surface area contributed by atoms with Gasteiger partial charge in [-0.25, -0.2) is 4.98 Å². The highest BCUT2D eigenvalue weighted by Gasteiger charge is 2.20. The van der Waals surface area contributed by atoms with Crippen molar-refractivity contribution in [3.63, 3.8) is 0 Å². The molecule has 1 heterocycles. The summed E-state index contributed by atoms with van der Waals surface area (Å²) >= 11 is 7.23. The number of carbonyl (C=O) groups is 1. The maximum atomic E-state index is 13.2. The molecule has 0 saturated carbocycles. The van der Waals surface area contributed by atoms with Crippen LogP contribution >= 0.6 is 23.4 Å². The number of benzene rings is 3. The third kappa shape index (κ3) is 4.25. The van der Waals surface area contributed by atoms with Gasteiger partial charge in [0.25, 0.3) is 5.56 Å². The van der Waals surface area contributed by atoms with E-state index in [1.54, 1.807) is 47.9 Å². The molecule has 1 N–H and O–H groups in total. The largest absolute Gasteiger partial charge is 0.325 e. The summed E-state index contributed by atoms with van der Waals surface area (Å²) in [7, 11) is 0. The number of thioether (sulfide) groups is 1. The van der Waals surface area contributed by atoms with Gasteiger partial charge in [0.05, 0.1) is 21.8 Å². The minimum absolute atomic E-state index is 0.170. The molecule has 4 rings (SSSR count). The van der Waals surface area contributed by atoms with Crippen LogP contribution in [-0.2, 0) is 4.79 Å². The van der Waals surface area contributed by atoms with Crippen LogP contribution < -0.4 is 10.9 Å². The number of aromatic nitrogens is 2. The molecule has 0 radical (unpaired) electrons. The Labute approximate surface area is 182 Å². The lowest BCUT2D eigenvalue weighted by Gasteiger charge is -2.16. The number of nitrogens with zero attached hydrogens (tertiary/aromatic N) is 2. The summed E-state index contributed by atoms with van der Waals surface area (Å²) in [5.74, 6) is -0.204. The number of hydrogen-bond acceptors (Lipinski definition) is 4. The van der Waals surface area contributed by atoms with Crippen molar-refractivity contribution in [3.8, 4) is 5.69 Å². The monoisotopic (exact) mass is 435 g/mol. The van der Waals surface area contributed by atoms with Gasteiger partial charge in [0.2, 0.25) is 5.91 Å². The Balaban J connectivity index is 1.71. The SMILES string of the molecule is CC(Sc1nc2ccccc2c(=O)n1-c1ccccc1)C(=O)Nc1cccc(Cl)c1. The molecule has 7 heteroatoms. The molecule has 150 valence electrons. The lowest BCUT2D eigenvalue weighted by Crippen LogP contribution is -2.26. The van der Waals surface area contributed by atoms with E-state index in [2.05, 4.69) is 10.3 Å². The van der Waals surface area contributed by atoms with Crippen LogP contribution in [-0.4, -0.2) is 20.7 Å². The summed E-state index contributed by atoms with van der Waals surface area (Å²) in [6, 6.07) is 23.5. The Morgan fingerprint density at radius 1 is 1.03 bits per heavy atom. The second-order valence-corrected chi connectivity index (χ2v) is 8.39. The Morgan fingerprint density at radius 2 is 1.77 bits per heavy atom. The topological polar surface area (TPSA) is 64.0 Å². The summed E-state index contributed by atoms with van der Waals surface area (Å²) in [5.41, 5.74) is 1.74. The van der Waals surface area contributed by atoms with Gasteiger partial charge in [-0.1, -0.05) is 59.8 Å². The van der Waals surface area contributed by atoms with Gasteiger partial charge in [0.15, 0.2) is 5.16 Å². The fourth-order valence-electron chi connectivity index (χ4n) is 3.02. The van der Waals surface area contributed by atoms with Crippen LogP contribution in [0.2, 0.25) is 5.02 Å². The molecule has 3 aromatic carbocycles. The van der Waals surface area contributed by atoms with Crippen molar-refractivity contribution >= 4 is 45.9 Å². The summed E-state index contributed by atoms with van der Waals surface area (Å²) in [4.78, 5) is 30.6. The van der Waals surface area contributed by atoms with E-state index in [1.165, 1.54) is 11.8 Å². The minimum atomic E-state index is -0.494. The number of halogens is 1. The normalized spacial score (nSPS) is 11.9. The first-order valence-electron chi connectivity index (χ1n) is 9.33. The van der Waals surface area contributed by atoms with Gasteiger partial charge in [-0.2, -0.15) is 0 Å². The second-order valence-electron chi connectivity index (χ2n) is 6.65. The van der Waals surface area contributed by atoms with Crippen LogP contribution in [0.15, 0.2) is 88.8 Å². The standard InChI is InChI=1S/C23H18ClN3O2S/c1-15(21(28)25-17-9-7-8-16(24)14-17)30-23-26-20-13-6-5-12-19(20)22(29)27(23)18-10-3-2-4-11-18/h2-15H,1H3,(H,25,28). The highest BCUT2D eigenvalue weighted by atomic mass is 35.5. The average Bonchev–Trinajstić information content (AvgIpc) is 2.74. The van der Waals surface area contributed by atoms with Gasteiger partial charge in [-0.3, -0.25) is 14.2 Å². The molecule has 1 aromatic heterocycles. The number of nitrogens with one attached hydrogen (secondary N) is 1. The molecular weight excluding hydrogens is 418 g/mol. The molecule has 4 aromatic rings. The summed E-state index contributed by atoms with van der Waals surface area (Å²) in [5, 5.41) is 3.89. The average molecular weight is 436 g/mol. The molecule has 0 aliphatic rings. The zero-order chi connectivity index (χ0) is 21.1. The molecule has 1 amide bonds. The molecule has 0 spiro atoms. The quantitative estimate of drug-likeness (QED) is 0.347. The van der Waals surface area contributed by atoms with Gasteiger partial charge in [-0.05, 0) is 49.4 Å². The van der Waals surface area contributed by atoms with Crippen LogP contribution in [0.25, 0.3) is 16.6 Å². The molecule has 30 heavy (non-hydrogen) atoms. The number of carbonyl (C=O) groups excluding carboxylic acids is 1. The highest BCUT2D eigenvalue weighted by Crippen LogP contribution is 2.26. The van der Waals surface area contributed by atoms with Crippen molar-refractivity contribution in [2.24, 2.45) is 0 Å². The van der Waals surface area contributed by atoms with Crippen molar-refractivity contribution in [2.75, 3.05) is 5.32 Å². The van der Waals surface area contributed by atoms with Crippen LogP contribution in [0.3, 0.4) is 0 Å². The van der Waals surface area contributed by atoms with Crippen LogP contribution in [0.4, 0.5) is 5.69 Å². The van der Waals surface area contributed by atoms with E-state index in [0.29, 0.717) is 32.5 Å². The molecule has 0 bridgehead atoms. The second kappa shape index (κ2) is 8.73. The Kier molecular flexibility index (Phi) is 5.88. The predicted octanol–water partition coefficient (Wildman–Crippen LogP) is 5.16. The van der Waals surface area contributed by atoms with Crippen molar-refractivity contribution in [2.45, 2.75) is 17.3 Å². The zero-order valence-electron chi connectivity index (χ0n) is 16.1. The molecular formula is C23H18ClN3O2S. The molecule has 0 fully saturated rings. The predicted molar refractivity (Wildman–Crippen MR) is 123 cm³/mol. The minimum Gasteiger partial charge on any atom is -0.325 e. The van der Waals surface area contributed by atoms with Crippen LogP contribution in [0, 0.1) is 0 Å². The lowest BCUT2D eigenvalue weighted by molar-refractivity contribution is -0.115. The van der Waals surface area contributed by atoms with Crippen LogP contribution in [0.1, 0.15) is 6.92 Å². The first-order chi connectivity index (χ1) is 14.5. The number of hydrogen-bond donors (Lipinski definition) is 1. The molecule has 1 unspecified atom stereocenters. The molecule has 1 atom stereocenters. The number of para-hydroxylation sites is 2. The Morgan fingerprint density at radius 3 is 2.53 bits per heavy atom. The number of amides is 1. The van der Waals surface area contributed by atoms with E-state index in [1.807, 2.05) is 42.5 Å². The van der Waals surface area contributed by atoms with Crippen LogP contribution in [0.5, 0.6) is 0 Å². The van der Waals surface area contributed by atoms with Gasteiger partial charge < -0.3 is 5.32 Å².